The Morgan fingerprint density at radius 2 is 2.10 bits per heavy atom. The number of rotatable bonds is 6. The van der Waals surface area contributed by atoms with E-state index in [4.69, 9.17) is 9.26 Å². The summed E-state index contributed by atoms with van der Waals surface area (Å²) in [6, 6.07) is 0. The lowest BCUT2D eigenvalue weighted by Gasteiger charge is -2.24. The molecule has 0 atom stereocenters. The van der Waals surface area contributed by atoms with Gasteiger partial charge in [0.15, 0.2) is 11.8 Å². The lowest BCUT2D eigenvalue weighted by atomic mass is 10.1. The minimum atomic E-state index is -0.251. The largest absolute Gasteiger partial charge is 0.377 e. The zero-order valence-corrected chi connectivity index (χ0v) is 15.0. The van der Waals surface area contributed by atoms with Gasteiger partial charge in [0.1, 0.15) is 6.54 Å². The summed E-state index contributed by atoms with van der Waals surface area (Å²) in [4.78, 5) is 8.49. The van der Waals surface area contributed by atoms with E-state index in [9.17, 15) is 0 Å². The first-order chi connectivity index (χ1) is 8.96. The average Bonchev–Trinajstić information content (AvgIpc) is 2.79. The van der Waals surface area contributed by atoms with Crippen molar-refractivity contribution in [2.45, 2.75) is 39.8 Å². The second-order valence-electron chi connectivity index (χ2n) is 4.74. The van der Waals surface area contributed by atoms with E-state index in [-0.39, 0.29) is 29.6 Å². The van der Waals surface area contributed by atoms with Gasteiger partial charge in [-0.25, -0.2) is 4.99 Å². The van der Waals surface area contributed by atoms with Crippen LogP contribution < -0.4 is 10.6 Å². The molecule has 1 aromatic rings. The molecule has 0 fully saturated rings. The van der Waals surface area contributed by atoms with Gasteiger partial charge in [0.05, 0.1) is 5.60 Å². The summed E-state index contributed by atoms with van der Waals surface area (Å²) in [6.07, 6.45) is 0. The molecule has 7 nitrogen and oxygen atoms in total. The lowest BCUT2D eigenvalue weighted by molar-refractivity contribution is 0.0268. The quantitative estimate of drug-likeness (QED) is 0.430. The second-order valence-corrected chi connectivity index (χ2v) is 4.74. The number of methoxy groups -OCH3 is 1. The highest BCUT2D eigenvalue weighted by molar-refractivity contribution is 14.0. The molecule has 20 heavy (non-hydrogen) atoms. The van der Waals surface area contributed by atoms with Gasteiger partial charge in [-0.1, -0.05) is 5.16 Å². The fourth-order valence-electron chi connectivity index (χ4n) is 1.27. The van der Waals surface area contributed by atoms with E-state index < -0.39 is 0 Å². The summed E-state index contributed by atoms with van der Waals surface area (Å²) < 4.78 is 10.2. The van der Waals surface area contributed by atoms with Crippen LogP contribution in [0.5, 0.6) is 0 Å². The van der Waals surface area contributed by atoms with Crippen molar-refractivity contribution in [3.63, 3.8) is 0 Å². The molecule has 0 radical (unpaired) electrons. The Morgan fingerprint density at radius 3 is 2.60 bits per heavy atom. The number of hydrogen-bond acceptors (Lipinski definition) is 5. The summed E-state index contributed by atoms with van der Waals surface area (Å²) in [5.74, 6) is 1.82. The Bertz CT molecular complexity index is 420. The van der Waals surface area contributed by atoms with E-state index in [2.05, 4.69) is 25.8 Å². The summed E-state index contributed by atoms with van der Waals surface area (Å²) in [5, 5.41) is 10.2. The first-order valence-corrected chi connectivity index (χ1v) is 6.33. The van der Waals surface area contributed by atoms with Crippen molar-refractivity contribution in [1.29, 1.82) is 0 Å². The first kappa shape index (κ1) is 19.1. The minimum absolute atomic E-state index is 0. The highest BCUT2D eigenvalue weighted by Crippen LogP contribution is 2.04. The summed E-state index contributed by atoms with van der Waals surface area (Å²) in [5.41, 5.74) is -0.251. The van der Waals surface area contributed by atoms with Gasteiger partial charge in [-0.2, -0.15) is 4.98 Å². The number of hydrogen-bond donors (Lipinski definition) is 2. The van der Waals surface area contributed by atoms with Crippen LogP contribution >= 0.6 is 24.0 Å². The van der Waals surface area contributed by atoms with E-state index in [1.807, 2.05) is 20.8 Å². The van der Waals surface area contributed by atoms with Crippen molar-refractivity contribution in [2.24, 2.45) is 4.99 Å². The Morgan fingerprint density at radius 1 is 1.40 bits per heavy atom. The standard InChI is InChI=1S/C12H23N5O2.HI/c1-6-13-11(15-8-12(3,4)18-5)14-7-10-16-9(2)19-17-10;/h6-8H2,1-5H3,(H2,13,14,15);1H. The van der Waals surface area contributed by atoms with Gasteiger partial charge in [0.2, 0.25) is 5.89 Å². The Labute approximate surface area is 137 Å². The monoisotopic (exact) mass is 397 g/mol. The summed E-state index contributed by atoms with van der Waals surface area (Å²) >= 11 is 0. The van der Waals surface area contributed by atoms with Crippen molar-refractivity contribution < 1.29 is 9.26 Å². The van der Waals surface area contributed by atoms with Crippen LogP contribution in [0.1, 0.15) is 32.5 Å². The maximum Gasteiger partial charge on any atom is 0.223 e. The number of guanidine groups is 1. The molecule has 0 aromatic carbocycles. The molecule has 0 saturated heterocycles. The van der Waals surface area contributed by atoms with Gasteiger partial charge >= 0.3 is 0 Å². The van der Waals surface area contributed by atoms with Crippen LogP contribution in [0, 0.1) is 6.92 Å². The number of aryl methyl sites for hydroxylation is 1. The van der Waals surface area contributed by atoms with E-state index >= 15 is 0 Å². The smallest absolute Gasteiger partial charge is 0.223 e. The first-order valence-electron chi connectivity index (χ1n) is 6.33. The molecule has 0 unspecified atom stereocenters. The van der Waals surface area contributed by atoms with E-state index in [0.29, 0.717) is 30.8 Å². The Kier molecular flexibility index (Phi) is 8.70. The molecule has 2 N–H and O–H groups in total. The molecule has 0 aliphatic heterocycles. The number of nitrogens with zero attached hydrogens (tertiary/aromatic N) is 3. The molecule has 1 heterocycles. The second kappa shape index (κ2) is 9.11. The molecule has 0 amide bonds. The third-order valence-corrected chi connectivity index (χ3v) is 2.53. The summed E-state index contributed by atoms with van der Waals surface area (Å²) in [7, 11) is 1.69. The zero-order valence-electron chi connectivity index (χ0n) is 12.7. The molecule has 1 rings (SSSR count). The van der Waals surface area contributed by atoms with Crippen LogP contribution in [0.3, 0.4) is 0 Å². The number of aromatic nitrogens is 2. The van der Waals surface area contributed by atoms with Crippen LogP contribution in [-0.2, 0) is 11.3 Å². The fraction of sp³-hybridized carbons (Fsp3) is 0.750. The topological polar surface area (TPSA) is 84.6 Å². The van der Waals surface area contributed by atoms with Gasteiger partial charge < -0.3 is 19.9 Å². The molecular weight excluding hydrogens is 373 g/mol. The van der Waals surface area contributed by atoms with E-state index in [0.717, 1.165) is 6.54 Å². The van der Waals surface area contributed by atoms with Gasteiger partial charge in [0, 0.05) is 27.1 Å². The van der Waals surface area contributed by atoms with Gasteiger partial charge in [0.25, 0.3) is 0 Å². The molecular formula is C12H24IN5O2. The maximum absolute atomic E-state index is 5.35. The van der Waals surface area contributed by atoms with Gasteiger partial charge in [-0.3, -0.25) is 0 Å². The number of nitrogens with one attached hydrogen (secondary N) is 2. The van der Waals surface area contributed by atoms with Gasteiger partial charge in [-0.15, -0.1) is 24.0 Å². The average molecular weight is 397 g/mol. The SMILES string of the molecule is CCNC(=NCc1noc(C)n1)NCC(C)(C)OC.I. The molecule has 116 valence electrons. The molecule has 0 spiro atoms. The van der Waals surface area contributed by atoms with Crippen LogP contribution in [0.4, 0.5) is 0 Å². The van der Waals surface area contributed by atoms with E-state index in [1.54, 1.807) is 14.0 Å². The van der Waals surface area contributed by atoms with Crippen molar-refractivity contribution in [3.05, 3.63) is 11.7 Å². The van der Waals surface area contributed by atoms with Crippen LogP contribution in [0.15, 0.2) is 9.52 Å². The van der Waals surface area contributed by atoms with Gasteiger partial charge in [-0.05, 0) is 20.8 Å². The molecule has 8 heteroatoms. The molecule has 0 bridgehead atoms. The molecule has 1 aromatic heterocycles. The van der Waals surface area contributed by atoms with Crippen molar-refractivity contribution in [1.82, 2.24) is 20.8 Å². The van der Waals surface area contributed by atoms with Crippen LogP contribution in [-0.4, -0.2) is 41.9 Å². The lowest BCUT2D eigenvalue weighted by Crippen LogP contribution is -2.45. The Hall–Kier alpha value is -0.900. The highest BCUT2D eigenvalue weighted by Gasteiger charge is 2.16. The van der Waals surface area contributed by atoms with Crippen LogP contribution in [0.25, 0.3) is 0 Å². The maximum atomic E-state index is 5.35. The third kappa shape index (κ3) is 7.04. The normalized spacial score (nSPS) is 11.9. The minimum Gasteiger partial charge on any atom is -0.377 e. The van der Waals surface area contributed by atoms with Crippen LogP contribution in [0.2, 0.25) is 0 Å². The van der Waals surface area contributed by atoms with Crippen molar-refractivity contribution in [3.8, 4) is 0 Å². The highest BCUT2D eigenvalue weighted by atomic mass is 127. The predicted octanol–water partition coefficient (Wildman–Crippen LogP) is 1.48. The molecule has 0 aliphatic carbocycles. The zero-order chi connectivity index (χ0) is 14.3. The number of ether oxygens (including phenoxy) is 1. The van der Waals surface area contributed by atoms with E-state index in [1.165, 1.54) is 0 Å². The number of halogens is 1. The fourth-order valence-corrected chi connectivity index (χ4v) is 1.27. The summed E-state index contributed by atoms with van der Waals surface area (Å²) in [6.45, 7) is 9.59. The predicted molar refractivity (Wildman–Crippen MR) is 88.4 cm³/mol. The molecule has 0 saturated carbocycles. The van der Waals surface area contributed by atoms with Crippen molar-refractivity contribution >= 4 is 29.9 Å². The Balaban J connectivity index is 0.00000361. The number of aliphatic imine (C=N–C) groups is 1. The molecule has 0 aliphatic rings. The van der Waals surface area contributed by atoms with Crippen molar-refractivity contribution in [2.75, 3.05) is 20.2 Å². The third-order valence-electron chi connectivity index (χ3n) is 2.53.